The second kappa shape index (κ2) is 9.12. The molecule has 0 bridgehead atoms. The summed E-state index contributed by atoms with van der Waals surface area (Å²) in [5.74, 6) is -2.23. The highest BCUT2D eigenvalue weighted by Crippen LogP contribution is 2.37. The molecule has 1 N–H and O–H groups in total. The van der Waals surface area contributed by atoms with Crippen molar-refractivity contribution in [2.24, 2.45) is 5.41 Å². The Morgan fingerprint density at radius 2 is 2.00 bits per heavy atom. The lowest BCUT2D eigenvalue weighted by atomic mass is 9.88. The van der Waals surface area contributed by atoms with Crippen LogP contribution in [0.4, 0.5) is 14.6 Å². The number of benzene rings is 1. The molecule has 2 aliphatic rings. The van der Waals surface area contributed by atoms with Crippen LogP contribution in [-0.4, -0.2) is 49.3 Å². The average Bonchev–Trinajstić information content (AvgIpc) is 3.27. The van der Waals surface area contributed by atoms with E-state index in [-0.39, 0.29) is 48.8 Å². The number of hydrogen-bond acceptors (Lipinski definition) is 7. The Bertz CT molecular complexity index is 1530. The maximum atomic E-state index is 14.9. The Morgan fingerprint density at radius 1 is 1.18 bits per heavy atom. The summed E-state index contributed by atoms with van der Waals surface area (Å²) in [5.41, 5.74) is 0.324. The number of rotatable bonds is 7. The van der Waals surface area contributed by atoms with Crippen LogP contribution in [0.25, 0.3) is 22.9 Å². The fraction of sp³-hybridized carbons (Fsp3) is 0.308. The molecule has 1 saturated heterocycles. The highest BCUT2D eigenvalue weighted by molar-refractivity contribution is 6.13. The Kier molecular flexibility index (Phi) is 5.73. The van der Waals surface area contributed by atoms with Crippen LogP contribution in [0, 0.1) is 17.0 Å². The maximum absolute atomic E-state index is 14.9. The third kappa shape index (κ3) is 4.21. The third-order valence-corrected chi connectivity index (χ3v) is 6.93. The van der Waals surface area contributed by atoms with Gasteiger partial charge in [0.05, 0.1) is 18.4 Å². The zero-order chi connectivity index (χ0) is 26.4. The summed E-state index contributed by atoms with van der Waals surface area (Å²) in [7, 11) is 0. The Labute approximate surface area is 215 Å². The molecule has 4 aromatic rings. The summed E-state index contributed by atoms with van der Waals surface area (Å²) in [5, 5.41) is 11.4. The number of nitrogens with one attached hydrogen (secondary N) is 1. The van der Waals surface area contributed by atoms with Gasteiger partial charge in [0.2, 0.25) is 11.8 Å². The van der Waals surface area contributed by atoms with Gasteiger partial charge >= 0.3 is 0 Å². The first-order chi connectivity index (χ1) is 18.3. The average molecular weight is 520 g/mol. The zero-order valence-electron chi connectivity index (χ0n) is 20.4. The van der Waals surface area contributed by atoms with Crippen molar-refractivity contribution in [3.8, 4) is 22.9 Å². The van der Waals surface area contributed by atoms with E-state index in [1.807, 2.05) is 0 Å². The standard InChI is InChI=1S/C26H23F2N7O3/c1-26(24(36)30-16-6-7-16)9-10-34(25(26)37)23-18(28)13-29-22(31-23)20-12-21(19-8-11-38-33-19)35(32-20)14-15-4-2-3-5-17(15)27/h2-5,8,11-13,16H,6-7,9-10,14H2,1H3,(H,30,36). The van der Waals surface area contributed by atoms with Crippen LogP contribution in [0.1, 0.15) is 31.7 Å². The van der Waals surface area contributed by atoms with E-state index in [4.69, 9.17) is 4.52 Å². The van der Waals surface area contributed by atoms with E-state index in [0.29, 0.717) is 17.0 Å². The molecule has 10 nitrogen and oxygen atoms in total. The second-order valence-electron chi connectivity index (χ2n) is 9.70. The van der Waals surface area contributed by atoms with E-state index < -0.39 is 23.0 Å². The van der Waals surface area contributed by atoms with Crippen LogP contribution >= 0.6 is 0 Å². The van der Waals surface area contributed by atoms with Crippen molar-refractivity contribution in [2.75, 3.05) is 11.4 Å². The smallest absolute Gasteiger partial charge is 0.243 e. The summed E-state index contributed by atoms with van der Waals surface area (Å²) < 4.78 is 35.8. The SMILES string of the molecule is CC1(C(=O)NC2CC2)CCN(c2nc(-c3cc(-c4ccon4)n(Cc4ccccc4F)n3)ncc2F)C1=O. The van der Waals surface area contributed by atoms with Crippen molar-refractivity contribution < 1.29 is 22.9 Å². The van der Waals surface area contributed by atoms with Gasteiger partial charge in [0.25, 0.3) is 0 Å². The minimum Gasteiger partial charge on any atom is -0.364 e. The van der Waals surface area contributed by atoms with Crippen molar-refractivity contribution >= 4 is 17.6 Å². The lowest BCUT2D eigenvalue weighted by Gasteiger charge is -2.22. The molecule has 1 unspecified atom stereocenters. The molecule has 2 amide bonds. The molecule has 0 spiro atoms. The molecule has 3 aromatic heterocycles. The number of carbonyl (C=O) groups is 2. The lowest BCUT2D eigenvalue weighted by Crippen LogP contribution is -2.45. The van der Waals surface area contributed by atoms with E-state index in [9.17, 15) is 18.4 Å². The number of amides is 2. The van der Waals surface area contributed by atoms with Gasteiger partial charge in [-0.25, -0.2) is 18.7 Å². The third-order valence-electron chi connectivity index (χ3n) is 6.93. The van der Waals surface area contributed by atoms with E-state index in [1.165, 1.54) is 21.9 Å². The number of halogens is 2. The molecular formula is C26H23F2N7O3. The molecule has 194 valence electrons. The molecule has 1 aromatic carbocycles. The van der Waals surface area contributed by atoms with Gasteiger partial charge < -0.3 is 9.84 Å². The predicted molar refractivity (Wildman–Crippen MR) is 130 cm³/mol. The molecule has 6 rings (SSSR count). The van der Waals surface area contributed by atoms with Crippen LogP contribution in [0.3, 0.4) is 0 Å². The van der Waals surface area contributed by atoms with Gasteiger partial charge in [0, 0.05) is 24.2 Å². The molecule has 1 atom stereocenters. The molecule has 1 aliphatic heterocycles. The maximum Gasteiger partial charge on any atom is 0.243 e. The summed E-state index contributed by atoms with van der Waals surface area (Å²) in [6.45, 7) is 1.79. The van der Waals surface area contributed by atoms with E-state index in [2.05, 4.69) is 25.5 Å². The molecule has 38 heavy (non-hydrogen) atoms. The highest BCUT2D eigenvalue weighted by Gasteiger charge is 2.51. The first-order valence-corrected chi connectivity index (χ1v) is 12.2. The molecule has 1 aliphatic carbocycles. The number of aromatic nitrogens is 5. The number of carbonyl (C=O) groups excluding carboxylic acids is 2. The first kappa shape index (κ1) is 23.9. The van der Waals surface area contributed by atoms with Crippen LogP contribution in [0.2, 0.25) is 0 Å². The van der Waals surface area contributed by atoms with Crippen molar-refractivity contribution in [1.29, 1.82) is 0 Å². The van der Waals surface area contributed by atoms with Crippen molar-refractivity contribution in [3.63, 3.8) is 0 Å². The first-order valence-electron chi connectivity index (χ1n) is 12.2. The van der Waals surface area contributed by atoms with Crippen LogP contribution in [0.5, 0.6) is 0 Å². The fourth-order valence-electron chi connectivity index (χ4n) is 4.48. The van der Waals surface area contributed by atoms with Gasteiger partial charge in [-0.05, 0) is 38.3 Å². The highest BCUT2D eigenvalue weighted by atomic mass is 19.1. The van der Waals surface area contributed by atoms with E-state index in [0.717, 1.165) is 19.0 Å². The molecule has 2 fully saturated rings. The summed E-state index contributed by atoms with van der Waals surface area (Å²) in [6, 6.07) is 9.68. The van der Waals surface area contributed by atoms with Gasteiger partial charge in [-0.1, -0.05) is 23.4 Å². The van der Waals surface area contributed by atoms with Gasteiger partial charge in [-0.3, -0.25) is 19.2 Å². The molecule has 4 heterocycles. The topological polar surface area (TPSA) is 119 Å². The number of anilines is 1. The normalized spacial score (nSPS) is 19.2. The van der Waals surface area contributed by atoms with Crippen LogP contribution < -0.4 is 10.2 Å². The molecular weight excluding hydrogens is 496 g/mol. The quantitative estimate of drug-likeness (QED) is 0.372. The number of nitrogens with zero attached hydrogens (tertiary/aromatic N) is 6. The van der Waals surface area contributed by atoms with Crippen molar-refractivity contribution in [2.45, 2.75) is 38.8 Å². The summed E-state index contributed by atoms with van der Waals surface area (Å²) in [6.07, 6.45) is 4.39. The van der Waals surface area contributed by atoms with Crippen molar-refractivity contribution in [3.05, 3.63) is 66.1 Å². The second-order valence-corrected chi connectivity index (χ2v) is 9.70. The van der Waals surface area contributed by atoms with Crippen LogP contribution in [-0.2, 0) is 16.1 Å². The summed E-state index contributed by atoms with van der Waals surface area (Å²) in [4.78, 5) is 35.6. The lowest BCUT2D eigenvalue weighted by molar-refractivity contribution is -0.138. The fourth-order valence-corrected chi connectivity index (χ4v) is 4.48. The molecule has 1 saturated carbocycles. The Hall–Kier alpha value is -4.48. The van der Waals surface area contributed by atoms with E-state index in [1.54, 1.807) is 37.3 Å². The number of hydrogen-bond donors (Lipinski definition) is 1. The van der Waals surface area contributed by atoms with Gasteiger partial charge in [-0.2, -0.15) is 5.10 Å². The zero-order valence-corrected chi connectivity index (χ0v) is 20.4. The summed E-state index contributed by atoms with van der Waals surface area (Å²) >= 11 is 0. The largest absolute Gasteiger partial charge is 0.364 e. The van der Waals surface area contributed by atoms with Gasteiger partial charge in [0.15, 0.2) is 17.5 Å². The monoisotopic (exact) mass is 519 g/mol. The van der Waals surface area contributed by atoms with Gasteiger partial charge in [0.1, 0.15) is 28.9 Å². The van der Waals surface area contributed by atoms with Crippen LogP contribution in [0.15, 0.2) is 53.4 Å². The minimum atomic E-state index is -1.30. The Balaban J connectivity index is 1.34. The van der Waals surface area contributed by atoms with Gasteiger partial charge in [-0.15, -0.1) is 0 Å². The predicted octanol–water partition coefficient (Wildman–Crippen LogP) is 3.34. The molecule has 0 radical (unpaired) electrons. The Morgan fingerprint density at radius 3 is 2.74 bits per heavy atom. The minimum absolute atomic E-state index is 0.0577. The van der Waals surface area contributed by atoms with Crippen molar-refractivity contribution in [1.82, 2.24) is 30.2 Å². The molecule has 12 heteroatoms. The van der Waals surface area contributed by atoms with E-state index >= 15 is 0 Å².